The number of likely N-dealkylation sites (N-methyl/N-ethyl adjacent to an activating group) is 1. The number of hydrogen-bond donors (Lipinski definition) is 4. The minimum atomic E-state index is -0.685. The molecule has 4 aromatic carbocycles. The van der Waals surface area contributed by atoms with Gasteiger partial charge in [0.15, 0.2) is 0 Å². The molecule has 0 radical (unpaired) electrons. The van der Waals surface area contributed by atoms with Crippen LogP contribution in [-0.2, 0) is 11.2 Å². The van der Waals surface area contributed by atoms with E-state index in [9.17, 15) is 4.79 Å². The summed E-state index contributed by atoms with van der Waals surface area (Å²) in [7, 11) is 1.85. The van der Waals surface area contributed by atoms with E-state index in [-0.39, 0.29) is 6.04 Å². The summed E-state index contributed by atoms with van der Waals surface area (Å²) in [6.07, 6.45) is 7.03. The fourth-order valence-electron chi connectivity index (χ4n) is 7.00. The van der Waals surface area contributed by atoms with E-state index in [1.165, 1.54) is 39.8 Å². The monoisotopic (exact) mass is 597 g/mol. The Hall–Kier alpha value is -4.72. The Morgan fingerprint density at radius 2 is 1.64 bits per heavy atom. The lowest BCUT2D eigenvalue weighted by molar-refractivity contribution is -0.141. The van der Waals surface area contributed by atoms with Gasteiger partial charge in [-0.1, -0.05) is 78.9 Å². The molecular formula is C38H39N5O2. The summed E-state index contributed by atoms with van der Waals surface area (Å²) in [6.45, 7) is 2.00. The van der Waals surface area contributed by atoms with E-state index in [0.717, 1.165) is 72.7 Å². The number of H-pyrrole nitrogens is 1. The second kappa shape index (κ2) is 12.3. The van der Waals surface area contributed by atoms with Gasteiger partial charge < -0.3 is 21.1 Å². The first-order valence-corrected chi connectivity index (χ1v) is 15.9. The molecule has 5 N–H and O–H groups in total. The van der Waals surface area contributed by atoms with Gasteiger partial charge in [-0.05, 0) is 96.4 Å². The Labute approximate surface area is 264 Å². The number of carbonyl (C=O) groups is 1. The molecule has 2 saturated heterocycles. The fraction of sp³-hybridized carbons (Fsp3) is 0.263. The highest BCUT2D eigenvalue weighted by atomic mass is 16.4. The smallest absolute Gasteiger partial charge is 0.320 e. The number of aromatic nitrogens is 2. The van der Waals surface area contributed by atoms with Gasteiger partial charge in [-0.2, -0.15) is 0 Å². The molecule has 45 heavy (non-hydrogen) atoms. The SMILES string of the molecule is CN1CCCC1C(=O)O.Nc1c(-c2cccc(-c3ccc(-c4cnc(C5CCCN5)[nH]4)cc3)c2)ccc2c1Cc1ccccc1-2. The Kier molecular flexibility index (Phi) is 7.96. The van der Waals surface area contributed by atoms with Crippen molar-refractivity contribution in [2.75, 3.05) is 25.9 Å². The van der Waals surface area contributed by atoms with Gasteiger partial charge in [0.05, 0.1) is 17.9 Å². The second-order valence-corrected chi connectivity index (χ2v) is 12.4. The molecule has 0 amide bonds. The zero-order valence-corrected chi connectivity index (χ0v) is 25.6. The molecule has 228 valence electrons. The number of nitrogens with zero attached hydrogens (tertiary/aromatic N) is 2. The number of hydrogen-bond acceptors (Lipinski definition) is 5. The molecule has 7 heteroatoms. The highest BCUT2D eigenvalue weighted by Crippen LogP contribution is 2.43. The van der Waals surface area contributed by atoms with E-state index in [4.69, 9.17) is 10.8 Å². The molecule has 0 spiro atoms. The van der Waals surface area contributed by atoms with E-state index in [2.05, 4.69) is 100 Å². The fourth-order valence-corrected chi connectivity index (χ4v) is 7.00. The predicted molar refractivity (Wildman–Crippen MR) is 181 cm³/mol. The van der Waals surface area contributed by atoms with Crippen LogP contribution in [0.1, 0.15) is 48.7 Å². The summed E-state index contributed by atoms with van der Waals surface area (Å²) in [6, 6.07) is 30.5. The molecular weight excluding hydrogens is 558 g/mol. The maximum absolute atomic E-state index is 10.4. The van der Waals surface area contributed by atoms with E-state index in [1.807, 2.05) is 18.1 Å². The summed E-state index contributed by atoms with van der Waals surface area (Å²) in [5.74, 6) is 0.351. The lowest BCUT2D eigenvalue weighted by atomic mass is 9.94. The number of carboxylic acid groups (broad SMARTS) is 1. The van der Waals surface area contributed by atoms with Gasteiger partial charge in [0.25, 0.3) is 0 Å². The average molecular weight is 598 g/mol. The molecule has 3 aliphatic rings. The second-order valence-electron chi connectivity index (χ2n) is 12.4. The number of likely N-dealkylation sites (tertiary alicyclic amines) is 1. The Morgan fingerprint density at radius 3 is 2.38 bits per heavy atom. The van der Waals surface area contributed by atoms with Crippen LogP contribution in [0.5, 0.6) is 0 Å². The largest absolute Gasteiger partial charge is 0.480 e. The van der Waals surface area contributed by atoms with Crippen LogP contribution in [-0.4, -0.2) is 52.1 Å². The van der Waals surface area contributed by atoms with Crippen LogP contribution < -0.4 is 11.1 Å². The van der Waals surface area contributed by atoms with Crippen molar-refractivity contribution in [2.24, 2.45) is 0 Å². The number of nitrogens with one attached hydrogen (secondary N) is 2. The topological polar surface area (TPSA) is 107 Å². The number of carboxylic acids is 1. The van der Waals surface area contributed by atoms with Crippen LogP contribution in [0.2, 0.25) is 0 Å². The van der Waals surface area contributed by atoms with Crippen LogP contribution in [0.4, 0.5) is 5.69 Å². The summed E-state index contributed by atoms with van der Waals surface area (Å²) < 4.78 is 0. The molecule has 0 bridgehead atoms. The summed E-state index contributed by atoms with van der Waals surface area (Å²) in [4.78, 5) is 20.4. The van der Waals surface area contributed by atoms with Crippen molar-refractivity contribution in [3.63, 3.8) is 0 Å². The van der Waals surface area contributed by atoms with Crippen molar-refractivity contribution in [2.45, 2.75) is 44.2 Å². The number of rotatable bonds is 5. The molecule has 0 saturated carbocycles. The van der Waals surface area contributed by atoms with Gasteiger partial charge in [0, 0.05) is 17.7 Å². The summed E-state index contributed by atoms with van der Waals surface area (Å²) >= 11 is 0. The average Bonchev–Trinajstić information content (AvgIpc) is 3.88. The first kappa shape index (κ1) is 29.0. The van der Waals surface area contributed by atoms with Crippen molar-refractivity contribution < 1.29 is 9.90 Å². The van der Waals surface area contributed by atoms with Gasteiger partial charge >= 0.3 is 5.97 Å². The maximum Gasteiger partial charge on any atom is 0.320 e. The lowest BCUT2D eigenvalue weighted by Crippen LogP contribution is -2.32. The van der Waals surface area contributed by atoms with E-state index < -0.39 is 5.97 Å². The lowest BCUT2D eigenvalue weighted by Gasteiger charge is -2.13. The Morgan fingerprint density at radius 1 is 0.867 bits per heavy atom. The number of imidazole rings is 1. The molecule has 2 fully saturated rings. The molecule has 2 atom stereocenters. The van der Waals surface area contributed by atoms with Gasteiger partial charge in [-0.3, -0.25) is 9.69 Å². The number of nitrogen functional groups attached to an aromatic ring is 1. The number of fused-ring (bicyclic) bond motifs is 3. The Balaban J connectivity index is 0.000000313. The van der Waals surface area contributed by atoms with E-state index >= 15 is 0 Å². The van der Waals surface area contributed by atoms with Crippen LogP contribution in [0, 0.1) is 0 Å². The molecule has 5 aromatic rings. The van der Waals surface area contributed by atoms with Crippen molar-refractivity contribution in [3.05, 3.63) is 108 Å². The van der Waals surface area contributed by atoms with E-state index in [1.54, 1.807) is 0 Å². The van der Waals surface area contributed by atoms with Gasteiger partial charge in [-0.15, -0.1) is 0 Å². The first-order chi connectivity index (χ1) is 22.0. The first-order valence-electron chi connectivity index (χ1n) is 15.9. The van der Waals surface area contributed by atoms with Gasteiger partial charge in [-0.25, -0.2) is 4.98 Å². The van der Waals surface area contributed by atoms with Crippen molar-refractivity contribution in [3.8, 4) is 44.6 Å². The number of nitrogens with two attached hydrogens (primary N) is 1. The zero-order valence-electron chi connectivity index (χ0n) is 25.6. The minimum Gasteiger partial charge on any atom is -0.480 e. The zero-order chi connectivity index (χ0) is 30.9. The molecule has 1 aliphatic carbocycles. The van der Waals surface area contributed by atoms with Gasteiger partial charge in [0.2, 0.25) is 0 Å². The molecule has 3 heterocycles. The number of anilines is 1. The van der Waals surface area contributed by atoms with Crippen molar-refractivity contribution in [1.82, 2.24) is 20.2 Å². The quantitative estimate of drug-likeness (QED) is 0.157. The van der Waals surface area contributed by atoms with Crippen LogP contribution in [0.25, 0.3) is 44.6 Å². The van der Waals surface area contributed by atoms with Crippen molar-refractivity contribution >= 4 is 11.7 Å². The van der Waals surface area contributed by atoms with Gasteiger partial charge in [0.1, 0.15) is 11.9 Å². The Bertz CT molecular complexity index is 1840. The third kappa shape index (κ3) is 5.77. The van der Waals surface area contributed by atoms with Crippen LogP contribution in [0.15, 0.2) is 91.1 Å². The molecule has 8 rings (SSSR count). The number of aliphatic carboxylic acids is 1. The van der Waals surface area contributed by atoms with E-state index in [0.29, 0.717) is 6.04 Å². The summed E-state index contributed by atoms with van der Waals surface area (Å²) in [5.41, 5.74) is 19.6. The highest BCUT2D eigenvalue weighted by Gasteiger charge is 2.27. The number of benzene rings is 4. The summed E-state index contributed by atoms with van der Waals surface area (Å²) in [5, 5.41) is 12.0. The minimum absolute atomic E-state index is 0.218. The predicted octanol–water partition coefficient (Wildman–Crippen LogP) is 7.15. The normalized spacial score (nSPS) is 18.7. The van der Waals surface area contributed by atoms with Crippen molar-refractivity contribution in [1.29, 1.82) is 0 Å². The molecule has 2 unspecified atom stereocenters. The third-order valence-corrected chi connectivity index (χ3v) is 9.53. The van der Waals surface area contributed by atoms with Crippen LogP contribution >= 0.6 is 0 Å². The standard InChI is InChI=1S/C32H28N4.C6H11NO2/c33-31-26(14-15-27-25-8-2-1-5-24(25)18-28(27)31)23-7-3-6-22(17-23)20-10-12-21(13-11-20)30-19-35-32(36-30)29-9-4-16-34-29;1-7-4-2-3-5(7)6(8)9/h1-3,5-8,10-15,17,19,29,34H,4,9,16,18,33H2,(H,35,36);5H,2-4H2,1H3,(H,8,9). The highest BCUT2D eigenvalue weighted by molar-refractivity contribution is 5.90. The molecule has 7 nitrogen and oxygen atoms in total. The van der Waals surface area contributed by atoms with Crippen LogP contribution in [0.3, 0.4) is 0 Å². The maximum atomic E-state index is 10.4. The molecule has 1 aromatic heterocycles. The third-order valence-electron chi connectivity index (χ3n) is 9.53. The molecule has 2 aliphatic heterocycles. The number of aromatic amines is 1.